The number of nitrogens with zero attached hydrogens (tertiary/aromatic N) is 1. The minimum atomic E-state index is -3.59. The van der Waals surface area contributed by atoms with E-state index in [0.717, 1.165) is 7.11 Å². The van der Waals surface area contributed by atoms with Crippen molar-refractivity contribution in [3.05, 3.63) is 0 Å². The van der Waals surface area contributed by atoms with Gasteiger partial charge in [-0.1, -0.05) is 0 Å². The number of hydrogen-bond acceptors (Lipinski definition) is 5. The summed E-state index contributed by atoms with van der Waals surface area (Å²) in [5.41, 5.74) is 0. The van der Waals surface area contributed by atoms with E-state index in [1.165, 1.54) is 4.31 Å². The molecular weight excluding hydrogens is 234 g/mol. The number of methoxy groups -OCH3 is 1. The first-order valence-corrected chi connectivity index (χ1v) is 6.70. The van der Waals surface area contributed by atoms with Crippen LogP contribution in [-0.4, -0.2) is 55.9 Å². The molecule has 1 aliphatic heterocycles. The van der Waals surface area contributed by atoms with E-state index in [9.17, 15) is 18.3 Å². The smallest absolute Gasteiger partial charge is 0.322 e. The van der Waals surface area contributed by atoms with Crippen LogP contribution in [-0.2, 0) is 19.6 Å². The van der Waals surface area contributed by atoms with E-state index < -0.39 is 27.8 Å². The minimum Gasteiger partial charge on any atom is -0.468 e. The Morgan fingerprint density at radius 2 is 2.25 bits per heavy atom. The van der Waals surface area contributed by atoms with Gasteiger partial charge in [-0.3, -0.25) is 4.79 Å². The predicted octanol–water partition coefficient (Wildman–Crippen LogP) is -0.808. The Hall–Kier alpha value is -0.660. The largest absolute Gasteiger partial charge is 0.468 e. The highest BCUT2D eigenvalue weighted by Gasteiger charge is 2.34. The lowest BCUT2D eigenvalue weighted by molar-refractivity contribution is -0.137. The van der Waals surface area contributed by atoms with Crippen LogP contribution in [0.25, 0.3) is 0 Å². The molecule has 1 N–H and O–H groups in total. The molecule has 0 aromatic carbocycles. The Morgan fingerprint density at radius 3 is 2.69 bits per heavy atom. The highest BCUT2D eigenvalue weighted by Crippen LogP contribution is 2.22. The van der Waals surface area contributed by atoms with Crippen LogP contribution in [0.3, 0.4) is 0 Å². The number of rotatable bonds is 4. The van der Waals surface area contributed by atoms with Gasteiger partial charge in [0.2, 0.25) is 10.0 Å². The van der Waals surface area contributed by atoms with Crippen molar-refractivity contribution in [1.29, 1.82) is 0 Å². The zero-order valence-corrected chi connectivity index (χ0v) is 10.2. The van der Waals surface area contributed by atoms with E-state index >= 15 is 0 Å². The van der Waals surface area contributed by atoms with Gasteiger partial charge in [-0.05, 0) is 19.3 Å². The summed E-state index contributed by atoms with van der Waals surface area (Å²) < 4.78 is 29.0. The summed E-state index contributed by atoms with van der Waals surface area (Å²) in [4.78, 5) is 10.9. The second kappa shape index (κ2) is 5.11. The van der Waals surface area contributed by atoms with Crippen molar-refractivity contribution in [1.82, 2.24) is 4.31 Å². The van der Waals surface area contributed by atoms with Crippen molar-refractivity contribution < 1.29 is 23.1 Å². The Labute approximate surface area is 95.2 Å². The van der Waals surface area contributed by atoms with Gasteiger partial charge in [-0.25, -0.2) is 12.7 Å². The third-order valence-corrected chi connectivity index (χ3v) is 4.51. The third-order valence-electron chi connectivity index (χ3n) is 2.79. The normalized spacial score (nSPS) is 24.3. The van der Waals surface area contributed by atoms with Crippen molar-refractivity contribution >= 4 is 16.0 Å². The van der Waals surface area contributed by atoms with Crippen molar-refractivity contribution in [2.75, 3.05) is 26.0 Å². The molecule has 0 saturated carbocycles. The lowest BCUT2D eigenvalue weighted by Gasteiger charge is -2.16. The van der Waals surface area contributed by atoms with E-state index in [1.54, 1.807) is 6.92 Å². The summed E-state index contributed by atoms with van der Waals surface area (Å²) in [6.07, 6.45) is 0.0938. The lowest BCUT2D eigenvalue weighted by Crippen LogP contribution is -2.35. The maximum Gasteiger partial charge on any atom is 0.322 e. The Morgan fingerprint density at radius 1 is 1.62 bits per heavy atom. The highest BCUT2D eigenvalue weighted by molar-refractivity contribution is 7.89. The maximum absolute atomic E-state index is 11.7. The molecule has 0 amide bonds. The van der Waals surface area contributed by atoms with Gasteiger partial charge < -0.3 is 9.84 Å². The van der Waals surface area contributed by atoms with Gasteiger partial charge in [0.1, 0.15) is 0 Å². The molecule has 6 nitrogen and oxygen atoms in total. The summed E-state index contributed by atoms with van der Waals surface area (Å²) in [6.45, 7) is 2.27. The van der Waals surface area contributed by atoms with Crippen LogP contribution in [0.4, 0.5) is 0 Å². The first-order valence-electron chi connectivity index (χ1n) is 5.09. The second-order valence-corrected chi connectivity index (χ2v) is 5.95. The Balaban J connectivity index is 2.62. The van der Waals surface area contributed by atoms with Gasteiger partial charge in [0.25, 0.3) is 0 Å². The van der Waals surface area contributed by atoms with Crippen LogP contribution < -0.4 is 0 Å². The van der Waals surface area contributed by atoms with Crippen LogP contribution >= 0.6 is 0 Å². The monoisotopic (exact) mass is 251 g/mol. The van der Waals surface area contributed by atoms with Crippen molar-refractivity contribution in [3.63, 3.8) is 0 Å². The van der Waals surface area contributed by atoms with Gasteiger partial charge in [-0.15, -0.1) is 0 Å². The molecule has 7 heteroatoms. The van der Waals surface area contributed by atoms with Crippen LogP contribution in [0.5, 0.6) is 0 Å². The maximum atomic E-state index is 11.7. The van der Waals surface area contributed by atoms with Gasteiger partial charge in [0.05, 0.1) is 13.2 Å². The Bertz CT molecular complexity index is 351. The zero-order valence-electron chi connectivity index (χ0n) is 9.42. The topological polar surface area (TPSA) is 83.9 Å². The molecule has 2 atom stereocenters. The average molecular weight is 251 g/mol. The average Bonchev–Trinajstić information content (AvgIpc) is 2.66. The first-order chi connectivity index (χ1) is 7.36. The molecule has 1 saturated heterocycles. The van der Waals surface area contributed by atoms with Crippen LogP contribution in [0.1, 0.15) is 13.3 Å². The van der Waals surface area contributed by atoms with Crippen LogP contribution in [0, 0.1) is 5.92 Å². The summed E-state index contributed by atoms with van der Waals surface area (Å²) in [7, 11) is -2.44. The summed E-state index contributed by atoms with van der Waals surface area (Å²) in [5, 5.41) is 9.35. The third kappa shape index (κ3) is 3.16. The quantitative estimate of drug-likeness (QED) is 0.661. The summed E-state index contributed by atoms with van der Waals surface area (Å²) in [6, 6.07) is 0. The number of carbonyl (C=O) groups is 1. The number of carbonyl (C=O) groups excluding carboxylic acids is 1. The molecule has 0 bridgehead atoms. The standard InChI is InChI=1S/C9H17NO5S/c1-7(11)8-3-4-10(5-8)16(13,14)6-9(12)15-2/h7-8,11H,3-6H2,1-2H3. The molecule has 0 aliphatic carbocycles. The summed E-state index contributed by atoms with van der Waals surface area (Å²) >= 11 is 0. The van der Waals surface area contributed by atoms with Crippen molar-refractivity contribution in [3.8, 4) is 0 Å². The molecule has 0 spiro atoms. The van der Waals surface area contributed by atoms with E-state index in [4.69, 9.17) is 0 Å². The van der Waals surface area contributed by atoms with Crippen LogP contribution in [0.15, 0.2) is 0 Å². The molecule has 1 rings (SSSR count). The fourth-order valence-corrected chi connectivity index (χ4v) is 3.10. The molecule has 1 heterocycles. The number of aliphatic hydroxyl groups is 1. The van der Waals surface area contributed by atoms with Crippen molar-refractivity contribution in [2.24, 2.45) is 5.92 Å². The fraction of sp³-hybridized carbons (Fsp3) is 0.889. The number of ether oxygens (including phenoxy) is 1. The van der Waals surface area contributed by atoms with Gasteiger partial charge in [0, 0.05) is 13.1 Å². The molecule has 0 radical (unpaired) electrons. The second-order valence-electron chi connectivity index (χ2n) is 3.98. The summed E-state index contributed by atoms with van der Waals surface area (Å²) in [5.74, 6) is -1.44. The fourth-order valence-electron chi connectivity index (χ4n) is 1.70. The van der Waals surface area contributed by atoms with E-state index in [0.29, 0.717) is 13.0 Å². The first kappa shape index (κ1) is 13.4. The molecule has 1 aliphatic rings. The molecular formula is C9H17NO5S. The number of esters is 1. The van der Waals surface area contributed by atoms with Crippen molar-refractivity contribution in [2.45, 2.75) is 19.4 Å². The molecule has 0 aromatic heterocycles. The Kier molecular flexibility index (Phi) is 4.28. The zero-order chi connectivity index (χ0) is 12.3. The molecule has 0 aromatic rings. The van der Waals surface area contributed by atoms with E-state index in [2.05, 4.69) is 4.74 Å². The number of aliphatic hydroxyl groups excluding tert-OH is 1. The molecule has 2 unspecified atom stereocenters. The highest BCUT2D eigenvalue weighted by atomic mass is 32.2. The SMILES string of the molecule is COC(=O)CS(=O)(=O)N1CCC(C(C)O)C1. The van der Waals surface area contributed by atoms with E-state index in [1.807, 2.05) is 0 Å². The minimum absolute atomic E-state index is 0.0487. The number of sulfonamides is 1. The predicted molar refractivity (Wildman–Crippen MR) is 57.2 cm³/mol. The van der Waals surface area contributed by atoms with Crippen LogP contribution in [0.2, 0.25) is 0 Å². The van der Waals surface area contributed by atoms with E-state index in [-0.39, 0.29) is 12.5 Å². The number of hydrogen-bond donors (Lipinski definition) is 1. The molecule has 1 fully saturated rings. The lowest BCUT2D eigenvalue weighted by atomic mass is 10.0. The van der Waals surface area contributed by atoms with Gasteiger partial charge >= 0.3 is 5.97 Å². The molecule has 16 heavy (non-hydrogen) atoms. The van der Waals surface area contributed by atoms with Gasteiger partial charge in [0.15, 0.2) is 5.75 Å². The molecule has 94 valence electrons. The van der Waals surface area contributed by atoms with Gasteiger partial charge in [-0.2, -0.15) is 0 Å².